The van der Waals surface area contributed by atoms with Crippen molar-refractivity contribution in [3.05, 3.63) is 35.4 Å². The van der Waals surface area contributed by atoms with Gasteiger partial charge in [-0.15, -0.1) is 0 Å². The topological polar surface area (TPSA) is 18.5 Å². The molecule has 1 saturated heterocycles. The first-order valence-electron chi connectivity index (χ1n) is 14.1. The summed E-state index contributed by atoms with van der Waals surface area (Å²) in [7, 11) is 0. The Labute approximate surface area is 199 Å². The van der Waals surface area contributed by atoms with Crippen molar-refractivity contribution in [2.45, 2.75) is 136 Å². The third kappa shape index (κ3) is 10.8. The fourth-order valence-electron chi connectivity index (χ4n) is 5.02. The summed E-state index contributed by atoms with van der Waals surface area (Å²) >= 11 is 0. The molecule has 1 atom stereocenters. The average molecular weight is 445 g/mol. The van der Waals surface area contributed by atoms with Gasteiger partial charge < -0.3 is 9.47 Å². The lowest BCUT2D eigenvalue weighted by Crippen LogP contribution is -2.27. The second kappa shape index (κ2) is 17.6. The number of unbranched alkanes of at least 4 members (excludes halogenated alkanes) is 10. The summed E-state index contributed by atoms with van der Waals surface area (Å²) in [5, 5.41) is 0. The fraction of sp³-hybridized carbons (Fsp3) is 0.800. The zero-order valence-electron chi connectivity index (χ0n) is 21.6. The molecule has 32 heavy (non-hydrogen) atoms. The molecule has 1 aromatic rings. The maximum atomic E-state index is 6.11. The Bertz CT molecular complexity index is 544. The highest BCUT2D eigenvalue weighted by Gasteiger charge is 2.23. The van der Waals surface area contributed by atoms with Crippen LogP contribution in [-0.2, 0) is 9.47 Å². The molecule has 0 amide bonds. The lowest BCUT2D eigenvalue weighted by Gasteiger charge is -2.30. The zero-order chi connectivity index (χ0) is 22.9. The molecule has 2 nitrogen and oxygen atoms in total. The molecular formula is C30H52O2. The number of hydrogen-bond donors (Lipinski definition) is 0. The van der Waals surface area contributed by atoms with E-state index >= 15 is 0 Å². The first-order valence-corrected chi connectivity index (χ1v) is 14.1. The summed E-state index contributed by atoms with van der Waals surface area (Å²) in [6.07, 6.45) is 21.5. The van der Waals surface area contributed by atoms with Crippen LogP contribution < -0.4 is 0 Å². The minimum absolute atomic E-state index is 0.173. The van der Waals surface area contributed by atoms with E-state index in [4.69, 9.17) is 9.47 Å². The lowest BCUT2D eigenvalue weighted by atomic mass is 9.89. The van der Waals surface area contributed by atoms with E-state index in [-0.39, 0.29) is 6.29 Å². The zero-order valence-corrected chi connectivity index (χ0v) is 21.6. The van der Waals surface area contributed by atoms with Crippen molar-refractivity contribution in [2.75, 3.05) is 13.2 Å². The van der Waals surface area contributed by atoms with Gasteiger partial charge in [-0.05, 0) is 30.7 Å². The Hall–Kier alpha value is -0.860. The molecule has 2 rings (SSSR count). The van der Waals surface area contributed by atoms with Crippen LogP contribution in [0.4, 0.5) is 0 Å². The summed E-state index contributed by atoms with van der Waals surface area (Å²) in [6.45, 7) is 8.56. The van der Waals surface area contributed by atoms with Gasteiger partial charge in [0.2, 0.25) is 0 Å². The summed E-state index contributed by atoms with van der Waals surface area (Å²) in [4.78, 5) is 0. The predicted octanol–water partition coefficient (Wildman–Crippen LogP) is 9.73. The molecule has 0 N–H and O–H groups in total. The summed E-state index contributed by atoms with van der Waals surface area (Å²) < 4.78 is 12.2. The van der Waals surface area contributed by atoms with E-state index < -0.39 is 0 Å². The standard InChI is InChI=1S/C30H52O2/c1-4-7-9-10-11-12-13-14-15-16-18-26-24-31-30(32-25-26)29-22-20-28(21-23-29)27(17-6-3)19-8-5-2/h20-23,26-27,30H,4-19,24-25H2,1-3H3. The molecule has 1 unspecified atom stereocenters. The number of rotatable bonds is 18. The molecule has 1 aliphatic heterocycles. The van der Waals surface area contributed by atoms with Crippen LogP contribution >= 0.6 is 0 Å². The van der Waals surface area contributed by atoms with Gasteiger partial charge in [0.25, 0.3) is 0 Å². The highest BCUT2D eigenvalue weighted by molar-refractivity contribution is 5.26. The van der Waals surface area contributed by atoms with Crippen LogP contribution in [0.3, 0.4) is 0 Å². The van der Waals surface area contributed by atoms with Gasteiger partial charge in [0.1, 0.15) is 0 Å². The van der Waals surface area contributed by atoms with Gasteiger partial charge >= 0.3 is 0 Å². The first-order chi connectivity index (χ1) is 15.8. The Morgan fingerprint density at radius 2 is 1.22 bits per heavy atom. The number of ether oxygens (including phenoxy) is 2. The van der Waals surface area contributed by atoms with Crippen LogP contribution in [-0.4, -0.2) is 13.2 Å². The van der Waals surface area contributed by atoms with Gasteiger partial charge in [0.15, 0.2) is 6.29 Å². The van der Waals surface area contributed by atoms with Crippen LogP contribution in [0.5, 0.6) is 0 Å². The van der Waals surface area contributed by atoms with Gasteiger partial charge in [-0.2, -0.15) is 0 Å². The van der Waals surface area contributed by atoms with Crippen molar-refractivity contribution in [3.8, 4) is 0 Å². The molecule has 1 aliphatic rings. The highest BCUT2D eigenvalue weighted by Crippen LogP contribution is 2.31. The summed E-state index contributed by atoms with van der Waals surface area (Å²) in [5.74, 6) is 1.27. The van der Waals surface area contributed by atoms with E-state index in [0.717, 1.165) is 13.2 Å². The monoisotopic (exact) mass is 444 g/mol. The SMILES string of the molecule is CCCCCCCCCCCCC1COC(c2ccc(C(CCC)CCCC)cc2)OC1. The fourth-order valence-corrected chi connectivity index (χ4v) is 5.02. The number of benzene rings is 1. The summed E-state index contributed by atoms with van der Waals surface area (Å²) in [5.41, 5.74) is 2.66. The van der Waals surface area contributed by atoms with Crippen molar-refractivity contribution < 1.29 is 9.47 Å². The van der Waals surface area contributed by atoms with Crippen LogP contribution in [0.1, 0.15) is 147 Å². The van der Waals surface area contributed by atoms with Gasteiger partial charge in [0.05, 0.1) is 13.2 Å². The molecule has 0 bridgehead atoms. The minimum atomic E-state index is -0.173. The molecule has 1 heterocycles. The van der Waals surface area contributed by atoms with Crippen molar-refractivity contribution in [1.29, 1.82) is 0 Å². The normalized spacial score (nSPS) is 19.8. The van der Waals surface area contributed by atoms with Gasteiger partial charge in [0, 0.05) is 11.5 Å². The molecule has 1 fully saturated rings. The third-order valence-corrected chi connectivity index (χ3v) is 7.16. The molecule has 1 aromatic carbocycles. The van der Waals surface area contributed by atoms with Gasteiger partial charge in [-0.1, -0.05) is 129 Å². The molecule has 184 valence electrons. The van der Waals surface area contributed by atoms with E-state index in [0.29, 0.717) is 11.8 Å². The van der Waals surface area contributed by atoms with E-state index in [2.05, 4.69) is 45.0 Å². The largest absolute Gasteiger partial charge is 0.348 e. The van der Waals surface area contributed by atoms with Crippen LogP contribution in [0, 0.1) is 5.92 Å². The quantitative estimate of drug-likeness (QED) is 0.210. The second-order valence-corrected chi connectivity index (χ2v) is 10.1. The lowest BCUT2D eigenvalue weighted by molar-refractivity contribution is -0.206. The van der Waals surface area contributed by atoms with Crippen molar-refractivity contribution in [3.63, 3.8) is 0 Å². The van der Waals surface area contributed by atoms with E-state index in [1.54, 1.807) is 0 Å². The molecule has 0 aliphatic carbocycles. The van der Waals surface area contributed by atoms with Crippen molar-refractivity contribution in [1.82, 2.24) is 0 Å². The minimum Gasteiger partial charge on any atom is -0.348 e. The van der Waals surface area contributed by atoms with Gasteiger partial charge in [-0.3, -0.25) is 0 Å². The molecule has 2 heteroatoms. The third-order valence-electron chi connectivity index (χ3n) is 7.16. The van der Waals surface area contributed by atoms with Crippen molar-refractivity contribution in [2.24, 2.45) is 5.92 Å². The Balaban J connectivity index is 1.59. The van der Waals surface area contributed by atoms with Gasteiger partial charge in [-0.25, -0.2) is 0 Å². The van der Waals surface area contributed by atoms with E-state index in [1.165, 1.54) is 114 Å². The number of hydrogen-bond acceptors (Lipinski definition) is 2. The smallest absolute Gasteiger partial charge is 0.183 e. The maximum Gasteiger partial charge on any atom is 0.183 e. The molecule has 0 radical (unpaired) electrons. The Morgan fingerprint density at radius 3 is 1.78 bits per heavy atom. The Morgan fingerprint density at radius 1 is 0.656 bits per heavy atom. The molecular weight excluding hydrogens is 392 g/mol. The average Bonchev–Trinajstić information content (AvgIpc) is 2.83. The van der Waals surface area contributed by atoms with Crippen LogP contribution in [0.15, 0.2) is 24.3 Å². The molecule has 0 aromatic heterocycles. The predicted molar refractivity (Wildman–Crippen MR) is 138 cm³/mol. The second-order valence-electron chi connectivity index (χ2n) is 10.1. The van der Waals surface area contributed by atoms with E-state index in [1.807, 2.05) is 0 Å². The summed E-state index contributed by atoms with van der Waals surface area (Å²) in [6, 6.07) is 9.09. The highest BCUT2D eigenvalue weighted by atomic mass is 16.7. The first kappa shape index (κ1) is 27.4. The van der Waals surface area contributed by atoms with Crippen LogP contribution in [0.25, 0.3) is 0 Å². The molecule has 0 spiro atoms. The maximum absolute atomic E-state index is 6.11. The molecule has 0 saturated carbocycles. The Kier molecular flexibility index (Phi) is 15.1. The van der Waals surface area contributed by atoms with Crippen molar-refractivity contribution >= 4 is 0 Å². The van der Waals surface area contributed by atoms with E-state index in [9.17, 15) is 0 Å². The van der Waals surface area contributed by atoms with Crippen LogP contribution in [0.2, 0.25) is 0 Å².